The second kappa shape index (κ2) is 6.14. The van der Waals surface area contributed by atoms with Gasteiger partial charge in [0, 0.05) is 24.9 Å². The van der Waals surface area contributed by atoms with E-state index in [1.807, 2.05) is 0 Å². The van der Waals surface area contributed by atoms with Gasteiger partial charge in [-0.3, -0.25) is 0 Å². The monoisotopic (exact) mass is 308 g/mol. The minimum absolute atomic E-state index is 0.420. The third-order valence-corrected chi connectivity index (χ3v) is 7.01. The normalized spacial score (nSPS) is 17.6. The molecule has 4 rings (SSSR count). The summed E-state index contributed by atoms with van der Waals surface area (Å²) in [5.74, 6) is 1.42. The maximum atomic E-state index is 3.67. The number of benzene rings is 2. The van der Waals surface area contributed by atoms with Crippen LogP contribution in [0.3, 0.4) is 0 Å². The molecule has 0 saturated carbocycles. The van der Waals surface area contributed by atoms with E-state index in [2.05, 4.69) is 70.9 Å². The Bertz CT molecular complexity index is 627. The summed E-state index contributed by atoms with van der Waals surface area (Å²) in [6.45, 7) is 3.50. The minimum atomic E-state index is -0.420. The van der Waals surface area contributed by atoms with Crippen molar-refractivity contribution in [1.82, 2.24) is 10.2 Å². The molecular formula is C19H21N2P. The largest absolute Gasteiger partial charge is 0.371 e. The molecule has 0 aromatic heterocycles. The molecule has 0 atom stereocenters. The predicted molar refractivity (Wildman–Crippen MR) is 94.9 cm³/mol. The average molecular weight is 308 g/mol. The lowest BCUT2D eigenvalue weighted by atomic mass is 10.3. The molecule has 3 heteroatoms. The molecular weight excluding hydrogens is 287 g/mol. The van der Waals surface area contributed by atoms with Crippen molar-refractivity contribution in [3.05, 3.63) is 71.8 Å². The van der Waals surface area contributed by atoms with Crippen molar-refractivity contribution in [2.24, 2.45) is 0 Å². The van der Waals surface area contributed by atoms with Gasteiger partial charge in [-0.2, -0.15) is 0 Å². The molecule has 22 heavy (non-hydrogen) atoms. The average Bonchev–Trinajstić information content (AvgIpc) is 3.01. The molecule has 0 bridgehead atoms. The lowest BCUT2D eigenvalue weighted by Gasteiger charge is -2.30. The highest BCUT2D eigenvalue weighted by Gasteiger charge is 2.30. The van der Waals surface area contributed by atoms with Gasteiger partial charge in [0.2, 0.25) is 0 Å². The van der Waals surface area contributed by atoms with Crippen molar-refractivity contribution in [3.8, 4) is 0 Å². The van der Waals surface area contributed by atoms with Crippen LogP contribution in [0.2, 0.25) is 0 Å². The molecule has 2 aromatic rings. The van der Waals surface area contributed by atoms with Gasteiger partial charge in [0.05, 0.1) is 0 Å². The van der Waals surface area contributed by atoms with Crippen LogP contribution in [0.25, 0.3) is 0 Å². The zero-order valence-corrected chi connectivity index (χ0v) is 13.6. The molecule has 2 aliphatic heterocycles. The zero-order valence-electron chi connectivity index (χ0n) is 12.7. The first-order chi connectivity index (χ1) is 10.9. The Hall–Kier alpha value is -1.79. The summed E-state index contributed by atoms with van der Waals surface area (Å²) < 4.78 is 0. The van der Waals surface area contributed by atoms with Crippen LogP contribution >= 0.6 is 7.92 Å². The van der Waals surface area contributed by atoms with Gasteiger partial charge in [0.25, 0.3) is 0 Å². The van der Waals surface area contributed by atoms with E-state index in [0.717, 1.165) is 6.54 Å². The van der Waals surface area contributed by atoms with E-state index in [-0.39, 0.29) is 0 Å². The Labute approximate surface area is 133 Å². The standard InChI is InChI=1S/C19H21N2P/c1-3-8-16(9-4-1)22(17-10-5-2-6-11-17)18-12-15-21-14-7-13-20-19(18)21/h1-6,8-11,20H,7,12-15H2. The highest BCUT2D eigenvalue weighted by atomic mass is 31.1. The topological polar surface area (TPSA) is 15.3 Å². The number of hydrogen-bond donors (Lipinski definition) is 1. The van der Waals surface area contributed by atoms with E-state index in [1.165, 1.54) is 42.4 Å². The molecule has 2 aromatic carbocycles. The van der Waals surface area contributed by atoms with Gasteiger partial charge in [-0.05, 0) is 31.4 Å². The van der Waals surface area contributed by atoms with Crippen LogP contribution in [0, 0.1) is 0 Å². The van der Waals surface area contributed by atoms with Gasteiger partial charge in [-0.25, -0.2) is 0 Å². The zero-order chi connectivity index (χ0) is 14.8. The molecule has 112 valence electrons. The summed E-state index contributed by atoms with van der Waals surface area (Å²) in [4.78, 5) is 2.54. The molecule has 2 heterocycles. The molecule has 1 fully saturated rings. The Morgan fingerprint density at radius 3 is 2.09 bits per heavy atom. The van der Waals surface area contributed by atoms with Crippen molar-refractivity contribution in [2.45, 2.75) is 12.8 Å². The fraction of sp³-hybridized carbons (Fsp3) is 0.263. The number of hydrogen-bond acceptors (Lipinski definition) is 2. The van der Waals surface area contributed by atoms with Crippen LogP contribution in [0.5, 0.6) is 0 Å². The minimum Gasteiger partial charge on any atom is -0.371 e. The number of rotatable bonds is 3. The molecule has 1 N–H and O–H groups in total. The van der Waals surface area contributed by atoms with Crippen molar-refractivity contribution in [1.29, 1.82) is 0 Å². The molecule has 0 radical (unpaired) electrons. The van der Waals surface area contributed by atoms with Crippen LogP contribution < -0.4 is 15.9 Å². The lowest BCUT2D eigenvalue weighted by molar-refractivity contribution is 0.309. The first-order valence-corrected chi connectivity index (χ1v) is 9.40. The van der Waals surface area contributed by atoms with Gasteiger partial charge in [-0.1, -0.05) is 60.7 Å². The number of nitrogens with one attached hydrogen (secondary N) is 1. The van der Waals surface area contributed by atoms with Crippen molar-refractivity contribution < 1.29 is 0 Å². The molecule has 1 saturated heterocycles. The lowest BCUT2D eigenvalue weighted by Crippen LogP contribution is -2.37. The third kappa shape index (κ3) is 2.53. The van der Waals surface area contributed by atoms with Crippen LogP contribution in [-0.4, -0.2) is 24.5 Å². The maximum Gasteiger partial charge on any atom is 0.106 e. The van der Waals surface area contributed by atoms with Crippen LogP contribution in [0.4, 0.5) is 0 Å². The fourth-order valence-corrected chi connectivity index (χ4v) is 6.02. The van der Waals surface area contributed by atoms with Crippen LogP contribution in [0.1, 0.15) is 12.8 Å². The molecule has 2 aliphatic rings. The van der Waals surface area contributed by atoms with Crippen molar-refractivity contribution >= 4 is 18.5 Å². The van der Waals surface area contributed by atoms with E-state index in [1.54, 1.807) is 5.31 Å². The number of nitrogens with zero attached hydrogens (tertiary/aromatic N) is 1. The van der Waals surface area contributed by atoms with Gasteiger partial charge in [0.15, 0.2) is 0 Å². The third-order valence-electron chi connectivity index (χ3n) is 4.40. The molecule has 0 unspecified atom stereocenters. The Morgan fingerprint density at radius 2 is 1.45 bits per heavy atom. The summed E-state index contributed by atoms with van der Waals surface area (Å²) in [6, 6.07) is 22.0. The maximum absolute atomic E-state index is 3.67. The Balaban J connectivity index is 1.81. The van der Waals surface area contributed by atoms with E-state index < -0.39 is 7.92 Å². The van der Waals surface area contributed by atoms with E-state index in [4.69, 9.17) is 0 Å². The fourth-order valence-electron chi connectivity index (χ4n) is 3.40. The van der Waals surface area contributed by atoms with E-state index in [0.29, 0.717) is 0 Å². The van der Waals surface area contributed by atoms with Gasteiger partial charge < -0.3 is 10.2 Å². The van der Waals surface area contributed by atoms with Gasteiger partial charge in [0.1, 0.15) is 5.82 Å². The van der Waals surface area contributed by atoms with Crippen LogP contribution in [0.15, 0.2) is 71.8 Å². The SMILES string of the molecule is c1ccc(P(C2=C3NCCCN3CC2)c2ccccc2)cc1. The summed E-state index contributed by atoms with van der Waals surface area (Å²) in [6.07, 6.45) is 2.45. The van der Waals surface area contributed by atoms with Crippen LogP contribution in [-0.2, 0) is 0 Å². The molecule has 0 aliphatic carbocycles. The highest BCUT2D eigenvalue weighted by Crippen LogP contribution is 2.49. The Morgan fingerprint density at radius 1 is 0.818 bits per heavy atom. The summed E-state index contributed by atoms with van der Waals surface area (Å²) >= 11 is 0. The van der Waals surface area contributed by atoms with Gasteiger partial charge >= 0.3 is 0 Å². The highest BCUT2D eigenvalue weighted by molar-refractivity contribution is 7.76. The Kier molecular flexibility index (Phi) is 3.86. The summed E-state index contributed by atoms with van der Waals surface area (Å²) in [5.41, 5.74) is 0. The van der Waals surface area contributed by atoms with Gasteiger partial charge in [-0.15, -0.1) is 0 Å². The van der Waals surface area contributed by atoms with Crippen molar-refractivity contribution in [3.63, 3.8) is 0 Å². The van der Waals surface area contributed by atoms with E-state index in [9.17, 15) is 0 Å². The number of fused-ring (bicyclic) bond motifs is 1. The first-order valence-electron chi connectivity index (χ1n) is 8.06. The van der Waals surface area contributed by atoms with E-state index >= 15 is 0 Å². The predicted octanol–water partition coefficient (Wildman–Crippen LogP) is 2.99. The van der Waals surface area contributed by atoms with Crippen molar-refractivity contribution in [2.75, 3.05) is 19.6 Å². The summed E-state index contributed by atoms with van der Waals surface area (Å²) in [7, 11) is -0.420. The smallest absolute Gasteiger partial charge is 0.106 e. The summed E-state index contributed by atoms with van der Waals surface area (Å²) in [5, 5.41) is 8.21. The second-order valence-corrected chi connectivity index (χ2v) is 8.06. The molecule has 0 amide bonds. The second-order valence-electron chi connectivity index (χ2n) is 5.82. The quantitative estimate of drug-likeness (QED) is 0.877. The molecule has 2 nitrogen and oxygen atoms in total. The first kappa shape index (κ1) is 13.8. The molecule has 0 spiro atoms.